The Kier molecular flexibility index (Phi) is 5.87. The first-order chi connectivity index (χ1) is 16.2. The van der Waals surface area contributed by atoms with Crippen molar-refractivity contribution < 1.29 is 13.2 Å². The second kappa shape index (κ2) is 8.72. The van der Waals surface area contributed by atoms with Gasteiger partial charge >= 0.3 is 6.18 Å². The fourth-order valence-electron chi connectivity index (χ4n) is 5.03. The maximum Gasteiger partial charge on any atom is 0.416 e. The molecule has 182 valence electrons. The second-order valence-corrected chi connectivity index (χ2v) is 9.86. The van der Waals surface area contributed by atoms with Gasteiger partial charge in [0.2, 0.25) is 11.9 Å². The third-order valence-electron chi connectivity index (χ3n) is 7.26. The van der Waals surface area contributed by atoms with Gasteiger partial charge in [0, 0.05) is 17.3 Å². The van der Waals surface area contributed by atoms with Crippen molar-refractivity contribution in [2.24, 2.45) is 11.7 Å². The first-order valence-electron chi connectivity index (χ1n) is 11.9. The van der Waals surface area contributed by atoms with E-state index < -0.39 is 11.7 Å². The molecule has 2 fully saturated rings. The Labute approximate surface area is 196 Å². The maximum absolute atomic E-state index is 13.2. The van der Waals surface area contributed by atoms with E-state index in [0.717, 1.165) is 50.7 Å². The summed E-state index contributed by atoms with van der Waals surface area (Å²) >= 11 is 0. The van der Waals surface area contributed by atoms with Crippen LogP contribution in [0.2, 0.25) is 0 Å². The molecule has 5 rings (SSSR count). The van der Waals surface area contributed by atoms with Crippen molar-refractivity contribution in [3.05, 3.63) is 36.0 Å². The molecular weight excluding hydrogens is 443 g/mol. The van der Waals surface area contributed by atoms with E-state index in [0.29, 0.717) is 41.2 Å². The first kappa shape index (κ1) is 22.9. The molecular formula is C24H30F3N7. The topological polar surface area (TPSA) is 93.7 Å². The number of nitrogens with one attached hydrogen (secondary N) is 2. The molecule has 0 amide bonds. The van der Waals surface area contributed by atoms with Gasteiger partial charge in [0.1, 0.15) is 5.52 Å². The Morgan fingerprint density at radius 1 is 1.15 bits per heavy atom. The average molecular weight is 474 g/mol. The number of nitrogens with two attached hydrogens (primary N) is 1. The summed E-state index contributed by atoms with van der Waals surface area (Å²) in [7, 11) is 0. The highest BCUT2D eigenvalue weighted by Gasteiger charge is 2.33. The van der Waals surface area contributed by atoms with Gasteiger partial charge < -0.3 is 16.4 Å². The zero-order chi connectivity index (χ0) is 23.9. The van der Waals surface area contributed by atoms with E-state index in [1.165, 1.54) is 12.5 Å². The summed E-state index contributed by atoms with van der Waals surface area (Å²) in [6.45, 7) is 2.83. The maximum atomic E-state index is 13.2. The lowest BCUT2D eigenvalue weighted by atomic mass is 9.79. The number of anilines is 3. The van der Waals surface area contributed by atoms with E-state index in [1.807, 2.05) is 4.57 Å². The predicted octanol–water partition coefficient (Wildman–Crippen LogP) is 5.63. The molecule has 0 spiro atoms. The van der Waals surface area contributed by atoms with Crippen LogP contribution in [0.1, 0.15) is 63.5 Å². The number of alkyl halides is 3. The predicted molar refractivity (Wildman–Crippen MR) is 126 cm³/mol. The van der Waals surface area contributed by atoms with Crippen molar-refractivity contribution in [3.63, 3.8) is 0 Å². The molecule has 2 heterocycles. The largest absolute Gasteiger partial charge is 0.416 e. The Balaban J connectivity index is 1.52. The Bertz CT molecular complexity index is 1160. The van der Waals surface area contributed by atoms with E-state index in [1.54, 1.807) is 12.3 Å². The number of halogens is 3. The summed E-state index contributed by atoms with van der Waals surface area (Å²) in [6.07, 6.45) is 4.41. The molecule has 2 aromatic heterocycles. The van der Waals surface area contributed by atoms with Crippen LogP contribution in [-0.4, -0.2) is 31.6 Å². The van der Waals surface area contributed by atoms with Crippen LogP contribution in [0.4, 0.5) is 30.8 Å². The molecule has 2 aliphatic carbocycles. The Morgan fingerprint density at radius 3 is 2.56 bits per heavy atom. The van der Waals surface area contributed by atoms with E-state index in [2.05, 4.69) is 27.5 Å². The second-order valence-electron chi connectivity index (χ2n) is 9.86. The molecule has 4 N–H and O–H groups in total. The number of benzene rings is 1. The highest BCUT2D eigenvalue weighted by molar-refractivity contribution is 5.76. The number of aromatic nitrogens is 4. The van der Waals surface area contributed by atoms with E-state index in [4.69, 9.17) is 10.7 Å². The van der Waals surface area contributed by atoms with E-state index >= 15 is 0 Å². The summed E-state index contributed by atoms with van der Waals surface area (Å²) in [6, 6.07) is 5.30. The number of rotatable bonds is 6. The van der Waals surface area contributed by atoms with Crippen molar-refractivity contribution >= 4 is 28.7 Å². The lowest BCUT2D eigenvalue weighted by Crippen LogP contribution is -2.42. The van der Waals surface area contributed by atoms with Gasteiger partial charge in [0.15, 0.2) is 5.65 Å². The molecule has 0 aliphatic heterocycles. The third kappa shape index (κ3) is 4.55. The highest BCUT2D eigenvalue weighted by Crippen LogP contribution is 2.38. The summed E-state index contributed by atoms with van der Waals surface area (Å²) in [5.74, 6) is 1.53. The minimum absolute atomic E-state index is 0.00315. The number of nitrogens with zero attached hydrogens (tertiary/aromatic N) is 4. The molecule has 2 aliphatic rings. The van der Waals surface area contributed by atoms with Gasteiger partial charge in [-0.1, -0.05) is 6.07 Å². The van der Waals surface area contributed by atoms with Crippen LogP contribution < -0.4 is 16.4 Å². The quantitative estimate of drug-likeness (QED) is 0.429. The molecule has 2 saturated carbocycles. The summed E-state index contributed by atoms with van der Waals surface area (Å²) in [5, 5.41) is 6.58. The fourth-order valence-corrected chi connectivity index (χ4v) is 5.03. The monoisotopic (exact) mass is 473 g/mol. The third-order valence-corrected chi connectivity index (χ3v) is 7.26. The van der Waals surface area contributed by atoms with E-state index in [-0.39, 0.29) is 11.6 Å². The normalized spacial score (nSPS) is 22.4. The molecule has 7 nitrogen and oxygen atoms in total. The van der Waals surface area contributed by atoms with Crippen molar-refractivity contribution in [2.75, 3.05) is 17.2 Å². The number of fused-ring (bicyclic) bond motifs is 1. The Morgan fingerprint density at radius 2 is 1.91 bits per heavy atom. The number of hydrogen-bond donors (Lipinski definition) is 3. The molecule has 0 bridgehead atoms. The van der Waals surface area contributed by atoms with Crippen LogP contribution in [0, 0.1) is 5.92 Å². The zero-order valence-electron chi connectivity index (χ0n) is 19.2. The SMILES string of the molecule is CC1(Nc2ncc3nc(Nc4cccc(C(F)(F)F)c4)n([C@H]4CC[C@H](CN)CC4)c3n2)CCC1. The van der Waals surface area contributed by atoms with Crippen LogP contribution in [0.5, 0.6) is 0 Å². The van der Waals surface area contributed by atoms with Gasteiger partial charge in [-0.2, -0.15) is 18.2 Å². The van der Waals surface area contributed by atoms with Crippen molar-refractivity contribution in [1.82, 2.24) is 19.5 Å². The smallest absolute Gasteiger partial charge is 0.349 e. The van der Waals surface area contributed by atoms with Gasteiger partial charge in [0.05, 0.1) is 11.8 Å². The fraction of sp³-hybridized carbons (Fsp3) is 0.542. The van der Waals surface area contributed by atoms with Gasteiger partial charge in [-0.25, -0.2) is 9.97 Å². The zero-order valence-corrected chi connectivity index (χ0v) is 19.2. The Hall–Kier alpha value is -2.88. The summed E-state index contributed by atoms with van der Waals surface area (Å²) in [4.78, 5) is 13.9. The molecule has 0 saturated heterocycles. The molecule has 10 heteroatoms. The molecule has 34 heavy (non-hydrogen) atoms. The first-order valence-corrected chi connectivity index (χ1v) is 11.9. The molecule has 3 aromatic rings. The minimum atomic E-state index is -4.41. The van der Waals surface area contributed by atoms with E-state index in [9.17, 15) is 13.2 Å². The van der Waals surface area contributed by atoms with Crippen LogP contribution in [0.15, 0.2) is 30.5 Å². The van der Waals surface area contributed by atoms with Crippen LogP contribution >= 0.6 is 0 Å². The summed E-state index contributed by atoms with van der Waals surface area (Å²) in [5.41, 5.74) is 6.80. The van der Waals surface area contributed by atoms with Crippen molar-refractivity contribution in [3.8, 4) is 0 Å². The van der Waals surface area contributed by atoms with Gasteiger partial charge in [-0.05, 0) is 82.5 Å². The standard InChI is InChI=1S/C24H30F3N7/c1-23(10-3-11-23)33-21-29-14-19-20(32-21)34(18-8-6-15(13-28)7-9-18)22(31-19)30-17-5-2-4-16(12-17)24(25,26)27/h2,4-5,12,14-15,18H,3,6-11,13,28H2,1H3,(H,30,31)(H,29,32,33)/t15-,18-. The number of imidazole rings is 1. The van der Waals surface area contributed by atoms with Gasteiger partial charge in [-0.15, -0.1) is 0 Å². The van der Waals surface area contributed by atoms with Crippen molar-refractivity contribution in [2.45, 2.75) is 69.6 Å². The molecule has 1 aromatic carbocycles. The van der Waals surface area contributed by atoms with Gasteiger partial charge in [-0.3, -0.25) is 4.57 Å². The average Bonchev–Trinajstić information content (AvgIpc) is 3.14. The lowest BCUT2D eigenvalue weighted by molar-refractivity contribution is -0.137. The van der Waals surface area contributed by atoms with Crippen molar-refractivity contribution in [1.29, 1.82) is 0 Å². The van der Waals surface area contributed by atoms with Gasteiger partial charge in [0.25, 0.3) is 0 Å². The molecule has 0 radical (unpaired) electrons. The van der Waals surface area contributed by atoms with Crippen LogP contribution in [0.3, 0.4) is 0 Å². The number of hydrogen-bond acceptors (Lipinski definition) is 6. The summed E-state index contributed by atoms with van der Waals surface area (Å²) < 4.78 is 41.8. The van der Waals surface area contributed by atoms with Crippen LogP contribution in [-0.2, 0) is 6.18 Å². The molecule has 0 atom stereocenters. The minimum Gasteiger partial charge on any atom is -0.349 e. The highest BCUT2D eigenvalue weighted by atomic mass is 19.4. The molecule has 0 unspecified atom stereocenters. The van der Waals surface area contributed by atoms with Crippen LogP contribution in [0.25, 0.3) is 11.2 Å². The lowest BCUT2D eigenvalue weighted by Gasteiger charge is -2.39.